The SMILES string of the molecule is CCNC(=NCCc1ccc(Cl)s1)Nc1ccc(OC)c(OC)c1.I. The van der Waals surface area contributed by atoms with Crippen LogP contribution in [0.25, 0.3) is 0 Å². The predicted octanol–water partition coefficient (Wildman–Crippen LogP) is 4.66. The number of guanidine groups is 1. The summed E-state index contributed by atoms with van der Waals surface area (Å²) in [5.41, 5.74) is 0.881. The van der Waals surface area contributed by atoms with Crippen molar-refractivity contribution in [3.05, 3.63) is 39.5 Å². The number of hydrogen-bond donors (Lipinski definition) is 2. The Morgan fingerprint density at radius 1 is 1.16 bits per heavy atom. The van der Waals surface area contributed by atoms with Crippen LogP contribution in [0.2, 0.25) is 4.34 Å². The fourth-order valence-corrected chi connectivity index (χ4v) is 3.20. The van der Waals surface area contributed by atoms with Crippen LogP contribution >= 0.6 is 46.9 Å². The minimum Gasteiger partial charge on any atom is -0.493 e. The minimum atomic E-state index is 0. The average Bonchev–Trinajstić information content (AvgIpc) is 3.00. The van der Waals surface area contributed by atoms with Gasteiger partial charge in [-0.3, -0.25) is 4.99 Å². The summed E-state index contributed by atoms with van der Waals surface area (Å²) in [5, 5.41) is 6.51. The first-order chi connectivity index (χ1) is 11.7. The van der Waals surface area contributed by atoms with Gasteiger partial charge >= 0.3 is 0 Å². The highest BCUT2D eigenvalue weighted by atomic mass is 127. The van der Waals surface area contributed by atoms with Gasteiger partial charge in [0.25, 0.3) is 0 Å². The van der Waals surface area contributed by atoms with Gasteiger partial charge in [-0.2, -0.15) is 0 Å². The number of aliphatic imine (C=N–C) groups is 1. The molecule has 0 aliphatic carbocycles. The van der Waals surface area contributed by atoms with E-state index in [0.29, 0.717) is 18.0 Å². The first-order valence-corrected chi connectivity index (χ1v) is 8.87. The summed E-state index contributed by atoms with van der Waals surface area (Å²) in [6, 6.07) is 9.62. The minimum absolute atomic E-state index is 0. The van der Waals surface area contributed by atoms with Crippen LogP contribution in [0.5, 0.6) is 11.5 Å². The Morgan fingerprint density at radius 3 is 2.52 bits per heavy atom. The first-order valence-electron chi connectivity index (χ1n) is 7.67. The second kappa shape index (κ2) is 11.4. The van der Waals surface area contributed by atoms with E-state index in [9.17, 15) is 0 Å². The molecule has 0 bridgehead atoms. The standard InChI is InChI=1S/C17H22ClN3O2S.HI/c1-4-19-17(20-10-9-13-6-8-16(18)24-13)21-12-5-7-14(22-2)15(11-12)23-3;/h5-8,11H,4,9-10H2,1-3H3,(H2,19,20,21);1H. The molecule has 0 aliphatic heterocycles. The number of anilines is 1. The van der Waals surface area contributed by atoms with Crippen molar-refractivity contribution in [2.45, 2.75) is 13.3 Å². The highest BCUT2D eigenvalue weighted by molar-refractivity contribution is 14.0. The first kappa shape index (κ1) is 21.9. The summed E-state index contributed by atoms with van der Waals surface area (Å²) < 4.78 is 11.4. The summed E-state index contributed by atoms with van der Waals surface area (Å²) >= 11 is 7.54. The van der Waals surface area contributed by atoms with E-state index < -0.39 is 0 Å². The number of ether oxygens (including phenoxy) is 2. The molecular weight excluding hydrogens is 473 g/mol. The molecule has 5 nitrogen and oxygen atoms in total. The molecule has 0 atom stereocenters. The zero-order valence-electron chi connectivity index (χ0n) is 14.5. The molecule has 8 heteroatoms. The fraction of sp³-hybridized carbons (Fsp3) is 0.353. The third-order valence-electron chi connectivity index (χ3n) is 3.25. The lowest BCUT2D eigenvalue weighted by molar-refractivity contribution is 0.355. The van der Waals surface area contributed by atoms with Gasteiger partial charge in [-0.15, -0.1) is 35.3 Å². The molecule has 0 radical (unpaired) electrons. The van der Waals surface area contributed by atoms with Crippen LogP contribution in [0.1, 0.15) is 11.8 Å². The maximum Gasteiger partial charge on any atom is 0.195 e. The van der Waals surface area contributed by atoms with Gasteiger partial charge in [0.2, 0.25) is 0 Å². The van der Waals surface area contributed by atoms with Gasteiger partial charge in [0.15, 0.2) is 17.5 Å². The van der Waals surface area contributed by atoms with Crippen LogP contribution in [-0.2, 0) is 6.42 Å². The Morgan fingerprint density at radius 2 is 1.92 bits per heavy atom. The van der Waals surface area contributed by atoms with E-state index in [1.807, 2.05) is 37.3 Å². The van der Waals surface area contributed by atoms with Crippen LogP contribution in [0.15, 0.2) is 35.3 Å². The zero-order valence-corrected chi connectivity index (χ0v) is 18.4. The molecule has 1 heterocycles. The van der Waals surface area contributed by atoms with Crippen LogP contribution in [-0.4, -0.2) is 33.3 Å². The lowest BCUT2D eigenvalue weighted by Crippen LogP contribution is -2.30. The molecule has 2 rings (SSSR count). The van der Waals surface area contributed by atoms with E-state index in [1.165, 1.54) is 4.88 Å². The van der Waals surface area contributed by atoms with E-state index in [2.05, 4.69) is 15.6 Å². The fourth-order valence-electron chi connectivity index (χ4n) is 2.12. The monoisotopic (exact) mass is 495 g/mol. The van der Waals surface area contributed by atoms with E-state index in [-0.39, 0.29) is 24.0 Å². The van der Waals surface area contributed by atoms with Crippen LogP contribution in [0, 0.1) is 0 Å². The number of halogens is 2. The molecule has 2 N–H and O–H groups in total. The van der Waals surface area contributed by atoms with Gasteiger partial charge in [0.05, 0.1) is 18.6 Å². The van der Waals surface area contributed by atoms with Gasteiger partial charge in [-0.05, 0) is 31.2 Å². The van der Waals surface area contributed by atoms with E-state index in [4.69, 9.17) is 21.1 Å². The number of hydrogen-bond acceptors (Lipinski definition) is 4. The number of nitrogens with one attached hydrogen (secondary N) is 2. The van der Waals surface area contributed by atoms with Gasteiger partial charge in [0, 0.05) is 36.1 Å². The predicted molar refractivity (Wildman–Crippen MR) is 118 cm³/mol. The molecule has 25 heavy (non-hydrogen) atoms. The Labute approximate surface area is 174 Å². The molecule has 0 saturated heterocycles. The summed E-state index contributed by atoms with van der Waals surface area (Å²) in [6.45, 7) is 3.49. The smallest absolute Gasteiger partial charge is 0.195 e. The maximum absolute atomic E-state index is 5.95. The molecule has 0 fully saturated rings. The third-order valence-corrected chi connectivity index (χ3v) is 4.54. The topological polar surface area (TPSA) is 54.9 Å². The third kappa shape index (κ3) is 6.91. The largest absolute Gasteiger partial charge is 0.493 e. The Hall–Kier alpha value is -1.19. The van der Waals surface area contributed by atoms with Crippen molar-refractivity contribution in [2.24, 2.45) is 4.99 Å². The van der Waals surface area contributed by atoms with Crippen molar-refractivity contribution in [1.29, 1.82) is 0 Å². The number of rotatable bonds is 7. The highest BCUT2D eigenvalue weighted by Crippen LogP contribution is 2.29. The quantitative estimate of drug-likeness (QED) is 0.333. The molecule has 0 aliphatic rings. The summed E-state index contributed by atoms with van der Waals surface area (Å²) in [4.78, 5) is 5.82. The second-order valence-corrected chi connectivity index (χ2v) is 6.71. The Kier molecular flexibility index (Phi) is 9.99. The van der Waals surface area contributed by atoms with E-state index in [0.717, 1.165) is 28.9 Å². The second-order valence-electron chi connectivity index (χ2n) is 4.91. The van der Waals surface area contributed by atoms with Crippen molar-refractivity contribution in [3.8, 4) is 11.5 Å². The van der Waals surface area contributed by atoms with Crippen molar-refractivity contribution in [1.82, 2.24) is 5.32 Å². The molecule has 0 unspecified atom stereocenters. The summed E-state index contributed by atoms with van der Waals surface area (Å²) in [5.74, 6) is 2.10. The van der Waals surface area contributed by atoms with Gasteiger partial charge < -0.3 is 20.1 Å². The lowest BCUT2D eigenvalue weighted by atomic mass is 10.2. The zero-order chi connectivity index (χ0) is 17.4. The molecule has 0 spiro atoms. The summed E-state index contributed by atoms with van der Waals surface area (Å²) in [7, 11) is 3.24. The van der Waals surface area contributed by atoms with Crippen molar-refractivity contribution >= 4 is 58.6 Å². The lowest BCUT2D eigenvalue weighted by Gasteiger charge is -2.13. The molecule has 0 saturated carbocycles. The maximum atomic E-state index is 5.95. The van der Waals surface area contributed by atoms with Crippen molar-refractivity contribution in [2.75, 3.05) is 32.6 Å². The van der Waals surface area contributed by atoms with E-state index in [1.54, 1.807) is 25.6 Å². The van der Waals surface area contributed by atoms with Crippen LogP contribution < -0.4 is 20.1 Å². The number of methoxy groups -OCH3 is 2. The molecule has 1 aromatic heterocycles. The molecular formula is C17H23ClIN3O2S. The molecule has 2 aromatic rings. The highest BCUT2D eigenvalue weighted by Gasteiger charge is 2.06. The summed E-state index contributed by atoms with van der Waals surface area (Å²) in [6.07, 6.45) is 0.861. The van der Waals surface area contributed by atoms with Crippen molar-refractivity contribution in [3.63, 3.8) is 0 Å². The normalized spacial score (nSPS) is 10.8. The van der Waals surface area contributed by atoms with Crippen LogP contribution in [0.3, 0.4) is 0 Å². The number of thiophene rings is 1. The number of nitrogens with zero attached hydrogens (tertiary/aromatic N) is 1. The van der Waals surface area contributed by atoms with Gasteiger partial charge in [-0.25, -0.2) is 0 Å². The van der Waals surface area contributed by atoms with Gasteiger partial charge in [-0.1, -0.05) is 11.6 Å². The average molecular weight is 496 g/mol. The Balaban J connectivity index is 0.00000312. The molecule has 138 valence electrons. The molecule has 0 amide bonds. The molecule has 1 aromatic carbocycles. The van der Waals surface area contributed by atoms with Crippen molar-refractivity contribution < 1.29 is 9.47 Å². The number of benzene rings is 1. The Bertz CT molecular complexity index is 694. The van der Waals surface area contributed by atoms with Gasteiger partial charge in [0.1, 0.15) is 0 Å². The van der Waals surface area contributed by atoms with Crippen LogP contribution in [0.4, 0.5) is 5.69 Å². The van der Waals surface area contributed by atoms with E-state index >= 15 is 0 Å².